The number of amides is 1. The Balaban J connectivity index is 3.35. The van der Waals surface area contributed by atoms with Crippen LogP contribution < -0.4 is 5.32 Å². The summed E-state index contributed by atoms with van der Waals surface area (Å²) in [6, 6.07) is -0.626. The first-order valence-electron chi connectivity index (χ1n) is 41.6. The lowest BCUT2D eigenvalue weighted by Crippen LogP contribution is -2.45. The van der Waals surface area contributed by atoms with Gasteiger partial charge < -0.3 is 20.3 Å². The summed E-state index contributed by atoms with van der Waals surface area (Å²) in [5.74, 6) is -0.0430. The molecule has 2 unspecified atom stereocenters. The second-order valence-corrected chi connectivity index (χ2v) is 28.8. The van der Waals surface area contributed by atoms with E-state index in [1.54, 1.807) is 6.08 Å². The van der Waals surface area contributed by atoms with Gasteiger partial charge in [0, 0.05) is 12.8 Å². The number of esters is 1. The average Bonchev–Trinajstić information content (AvgIpc) is 3.71. The number of hydrogen-bond donors (Lipinski definition) is 3. The van der Waals surface area contributed by atoms with Crippen LogP contribution in [0, 0.1) is 0 Å². The van der Waals surface area contributed by atoms with Gasteiger partial charge in [-0.2, -0.15) is 0 Å². The molecule has 0 aliphatic rings. The molecular formula is C84H163NO5. The summed E-state index contributed by atoms with van der Waals surface area (Å²) >= 11 is 0. The summed E-state index contributed by atoms with van der Waals surface area (Å²) in [5, 5.41) is 23.3. The van der Waals surface area contributed by atoms with Gasteiger partial charge in [-0.3, -0.25) is 9.59 Å². The summed E-state index contributed by atoms with van der Waals surface area (Å²) in [4.78, 5) is 24.7. The number of aliphatic hydroxyl groups excluding tert-OH is 2. The Labute approximate surface area is 564 Å². The number of nitrogens with one attached hydrogen (secondary N) is 1. The number of rotatable bonds is 79. The summed E-state index contributed by atoms with van der Waals surface area (Å²) in [7, 11) is 0. The summed E-state index contributed by atoms with van der Waals surface area (Å²) < 4.78 is 5.51. The highest BCUT2D eigenvalue weighted by molar-refractivity contribution is 5.76. The van der Waals surface area contributed by atoms with Gasteiger partial charge in [0.1, 0.15) is 0 Å². The van der Waals surface area contributed by atoms with Crippen LogP contribution in [0.2, 0.25) is 0 Å². The molecule has 0 rings (SSSR count). The van der Waals surface area contributed by atoms with E-state index in [0.717, 1.165) is 44.9 Å². The van der Waals surface area contributed by atoms with Crippen molar-refractivity contribution in [3.63, 3.8) is 0 Å². The molecule has 0 radical (unpaired) electrons. The van der Waals surface area contributed by atoms with Gasteiger partial charge in [-0.05, 0) is 57.8 Å². The maximum absolute atomic E-state index is 12.6. The van der Waals surface area contributed by atoms with Crippen molar-refractivity contribution in [2.24, 2.45) is 0 Å². The number of carbonyl (C=O) groups excluding carboxylic acids is 2. The number of hydrogen-bond acceptors (Lipinski definition) is 5. The maximum atomic E-state index is 12.6. The van der Waals surface area contributed by atoms with E-state index >= 15 is 0 Å². The van der Waals surface area contributed by atoms with Gasteiger partial charge >= 0.3 is 5.97 Å². The molecule has 0 saturated carbocycles. The Hall–Kier alpha value is -1.66. The molecule has 0 aromatic rings. The van der Waals surface area contributed by atoms with Crippen LogP contribution in [-0.2, 0) is 14.3 Å². The van der Waals surface area contributed by atoms with Gasteiger partial charge in [0.2, 0.25) is 5.91 Å². The molecule has 0 bridgehead atoms. The number of carbonyl (C=O) groups is 2. The monoisotopic (exact) mass is 1270 g/mol. The average molecular weight is 1270 g/mol. The zero-order chi connectivity index (χ0) is 64.9. The molecule has 2 atom stereocenters. The first kappa shape index (κ1) is 88.3. The zero-order valence-electron chi connectivity index (χ0n) is 61.4. The van der Waals surface area contributed by atoms with E-state index in [0.29, 0.717) is 19.4 Å². The Morgan fingerprint density at radius 3 is 0.789 bits per heavy atom. The van der Waals surface area contributed by atoms with E-state index in [2.05, 4.69) is 31.3 Å². The molecule has 0 aromatic carbocycles. The van der Waals surface area contributed by atoms with Gasteiger partial charge in [-0.15, -0.1) is 0 Å². The smallest absolute Gasteiger partial charge is 0.305 e. The lowest BCUT2D eigenvalue weighted by molar-refractivity contribution is -0.143. The van der Waals surface area contributed by atoms with Crippen LogP contribution in [0.15, 0.2) is 24.3 Å². The van der Waals surface area contributed by atoms with Gasteiger partial charge in [-0.25, -0.2) is 0 Å². The predicted molar refractivity (Wildman–Crippen MR) is 398 cm³/mol. The normalized spacial score (nSPS) is 12.5. The molecule has 6 heteroatoms. The number of ether oxygens (including phenoxy) is 1. The van der Waals surface area contributed by atoms with Crippen LogP contribution >= 0.6 is 0 Å². The summed E-state index contributed by atoms with van der Waals surface area (Å²) in [5.41, 5.74) is 0. The van der Waals surface area contributed by atoms with Crippen LogP contribution in [0.25, 0.3) is 0 Å². The Morgan fingerprint density at radius 2 is 0.522 bits per heavy atom. The molecule has 0 fully saturated rings. The van der Waals surface area contributed by atoms with Gasteiger partial charge in [-0.1, -0.05) is 430 Å². The maximum Gasteiger partial charge on any atom is 0.305 e. The van der Waals surface area contributed by atoms with Crippen molar-refractivity contribution in [2.75, 3.05) is 13.2 Å². The summed E-state index contributed by atoms with van der Waals surface area (Å²) in [6.07, 6.45) is 103. The van der Waals surface area contributed by atoms with Crippen LogP contribution in [0.4, 0.5) is 0 Å². The van der Waals surface area contributed by atoms with Crippen molar-refractivity contribution in [1.29, 1.82) is 0 Å². The molecular weight excluding hydrogens is 1100 g/mol. The molecule has 534 valence electrons. The van der Waals surface area contributed by atoms with E-state index in [4.69, 9.17) is 4.74 Å². The molecule has 3 N–H and O–H groups in total. The lowest BCUT2D eigenvalue weighted by atomic mass is 10.0. The Morgan fingerprint density at radius 1 is 0.300 bits per heavy atom. The van der Waals surface area contributed by atoms with Crippen LogP contribution in [0.5, 0.6) is 0 Å². The number of allylic oxidation sites excluding steroid dienone is 3. The minimum Gasteiger partial charge on any atom is -0.466 e. The number of aliphatic hydroxyl groups is 2. The summed E-state index contributed by atoms with van der Waals surface area (Å²) in [6.45, 7) is 4.96. The highest BCUT2D eigenvalue weighted by Crippen LogP contribution is 2.20. The quantitative estimate of drug-likeness (QED) is 0.0320. The second-order valence-electron chi connectivity index (χ2n) is 28.8. The SMILES string of the molecule is CCCCCCCCC/C=C\CCCCCCCC(=O)OCCCCCCCCCCCCCCCCCCCCCCCCCCCCCCCCCCC(=O)NC(CO)C(O)/C=C/CCCCCCCCCCCCCCCCCCCCCCCCC. The van der Waals surface area contributed by atoms with Crippen LogP contribution in [0.3, 0.4) is 0 Å². The number of unbranched alkanes of at least 4 members (excludes halogenated alkanes) is 66. The van der Waals surface area contributed by atoms with Gasteiger partial charge in [0.25, 0.3) is 0 Å². The molecule has 0 heterocycles. The van der Waals surface area contributed by atoms with Crippen LogP contribution in [-0.4, -0.2) is 47.4 Å². The molecule has 90 heavy (non-hydrogen) atoms. The third kappa shape index (κ3) is 75.4. The van der Waals surface area contributed by atoms with Crippen molar-refractivity contribution in [3.8, 4) is 0 Å². The first-order chi connectivity index (χ1) is 44.5. The third-order valence-corrected chi connectivity index (χ3v) is 19.7. The fourth-order valence-electron chi connectivity index (χ4n) is 13.4. The minimum absolute atomic E-state index is 0.0147. The minimum atomic E-state index is -0.843. The molecule has 0 aliphatic carbocycles. The van der Waals surface area contributed by atoms with Crippen molar-refractivity contribution < 1.29 is 24.5 Å². The van der Waals surface area contributed by atoms with Gasteiger partial charge in [0.15, 0.2) is 0 Å². The molecule has 0 aliphatic heterocycles. The van der Waals surface area contributed by atoms with Crippen molar-refractivity contribution in [2.45, 2.75) is 488 Å². The highest BCUT2D eigenvalue weighted by atomic mass is 16.5. The molecule has 0 aromatic heterocycles. The van der Waals surface area contributed by atoms with E-state index in [-0.39, 0.29) is 18.5 Å². The van der Waals surface area contributed by atoms with E-state index in [1.807, 2.05) is 6.08 Å². The van der Waals surface area contributed by atoms with E-state index in [9.17, 15) is 19.8 Å². The van der Waals surface area contributed by atoms with Crippen molar-refractivity contribution >= 4 is 11.9 Å². The standard InChI is InChI=1S/C84H163NO5/c1-3-5-7-9-11-13-15-17-19-21-22-23-24-33-36-39-42-45-48-52-56-60-64-68-72-76-82(87)81(80-86)85-83(88)77-73-69-65-61-57-53-49-46-43-40-37-34-31-29-27-25-26-28-30-32-35-38-41-44-47-51-55-59-63-67-71-75-79-90-84(89)78-74-70-66-62-58-54-50-20-18-16-14-12-10-8-6-4-2/h20,50,72,76,81-82,86-87H,3-19,21-49,51-71,73-75,77-80H2,1-2H3,(H,85,88)/b50-20-,76-72+. The van der Waals surface area contributed by atoms with Crippen molar-refractivity contribution in [1.82, 2.24) is 5.32 Å². The Bertz CT molecular complexity index is 1410. The molecule has 0 saturated heterocycles. The second kappa shape index (κ2) is 79.8. The molecule has 6 nitrogen and oxygen atoms in total. The van der Waals surface area contributed by atoms with Crippen LogP contribution in [0.1, 0.15) is 476 Å². The topological polar surface area (TPSA) is 95.9 Å². The molecule has 1 amide bonds. The fraction of sp³-hybridized carbons (Fsp3) is 0.929. The van der Waals surface area contributed by atoms with Gasteiger partial charge in [0.05, 0.1) is 25.4 Å². The zero-order valence-corrected chi connectivity index (χ0v) is 61.4. The Kier molecular flexibility index (Phi) is 78.3. The lowest BCUT2D eigenvalue weighted by Gasteiger charge is -2.20. The predicted octanol–water partition coefficient (Wildman–Crippen LogP) is 27.6. The van der Waals surface area contributed by atoms with E-state index < -0.39 is 12.1 Å². The first-order valence-corrected chi connectivity index (χ1v) is 41.6. The third-order valence-electron chi connectivity index (χ3n) is 19.7. The fourth-order valence-corrected chi connectivity index (χ4v) is 13.4. The largest absolute Gasteiger partial charge is 0.466 e. The highest BCUT2D eigenvalue weighted by Gasteiger charge is 2.18. The molecule has 0 spiro atoms. The van der Waals surface area contributed by atoms with Crippen molar-refractivity contribution in [3.05, 3.63) is 24.3 Å². The van der Waals surface area contributed by atoms with E-state index in [1.165, 1.54) is 405 Å².